The summed E-state index contributed by atoms with van der Waals surface area (Å²) in [5.74, 6) is -0.590. The lowest BCUT2D eigenvalue weighted by Gasteiger charge is -2.46. The molecule has 0 aliphatic carbocycles. The SMILES string of the molecule is COCON1C(=O)C(Cc2ccccc2)N(Cc2ccc(OC)cc2)C(C(O)C(C)C)C1=O. The van der Waals surface area contributed by atoms with Crippen molar-refractivity contribution in [3.8, 4) is 5.75 Å². The Labute approximate surface area is 194 Å². The van der Waals surface area contributed by atoms with Gasteiger partial charge in [0.05, 0.1) is 19.3 Å². The van der Waals surface area contributed by atoms with Gasteiger partial charge in [-0.25, -0.2) is 4.84 Å². The van der Waals surface area contributed by atoms with E-state index in [0.29, 0.717) is 18.7 Å². The van der Waals surface area contributed by atoms with Gasteiger partial charge in [0.1, 0.15) is 11.8 Å². The van der Waals surface area contributed by atoms with Crippen molar-refractivity contribution >= 4 is 11.8 Å². The second kappa shape index (κ2) is 11.4. The Kier molecular flexibility index (Phi) is 8.57. The molecule has 1 aliphatic rings. The van der Waals surface area contributed by atoms with Gasteiger partial charge in [-0.1, -0.05) is 56.3 Å². The lowest BCUT2D eigenvalue weighted by Crippen LogP contribution is -2.68. The molecule has 1 N–H and O–H groups in total. The minimum Gasteiger partial charge on any atom is -0.497 e. The van der Waals surface area contributed by atoms with Crippen molar-refractivity contribution < 1.29 is 29.0 Å². The van der Waals surface area contributed by atoms with Gasteiger partial charge < -0.3 is 14.6 Å². The van der Waals surface area contributed by atoms with Crippen LogP contribution in [0.3, 0.4) is 0 Å². The van der Waals surface area contributed by atoms with Crippen molar-refractivity contribution in [1.29, 1.82) is 0 Å². The molecular formula is C25H32N2O6. The number of imide groups is 1. The van der Waals surface area contributed by atoms with Gasteiger partial charge in [-0.2, -0.15) is 0 Å². The van der Waals surface area contributed by atoms with Crippen molar-refractivity contribution in [3.05, 3.63) is 65.7 Å². The summed E-state index contributed by atoms with van der Waals surface area (Å²) in [6.07, 6.45) is -0.646. The van der Waals surface area contributed by atoms with Crippen LogP contribution in [0.5, 0.6) is 5.75 Å². The molecule has 2 aromatic carbocycles. The van der Waals surface area contributed by atoms with E-state index in [1.165, 1.54) is 7.11 Å². The minimum atomic E-state index is -1.00. The van der Waals surface area contributed by atoms with Gasteiger partial charge >= 0.3 is 0 Å². The maximum Gasteiger partial charge on any atom is 0.273 e. The summed E-state index contributed by atoms with van der Waals surface area (Å²) >= 11 is 0. The number of hydrogen-bond acceptors (Lipinski definition) is 7. The molecule has 0 bridgehead atoms. The summed E-state index contributed by atoms with van der Waals surface area (Å²) < 4.78 is 10.2. The number of carbonyl (C=O) groups excluding carboxylic acids is 2. The highest BCUT2D eigenvalue weighted by molar-refractivity contribution is 6.02. The fourth-order valence-corrected chi connectivity index (χ4v) is 3.97. The van der Waals surface area contributed by atoms with Crippen LogP contribution in [0.1, 0.15) is 25.0 Å². The first kappa shape index (κ1) is 24.9. The van der Waals surface area contributed by atoms with E-state index in [2.05, 4.69) is 0 Å². The number of amides is 2. The third-order valence-electron chi connectivity index (χ3n) is 5.80. The minimum absolute atomic E-state index is 0.216. The van der Waals surface area contributed by atoms with Crippen molar-refractivity contribution in [2.45, 2.75) is 45.0 Å². The number of aliphatic hydroxyl groups is 1. The molecule has 3 atom stereocenters. The molecule has 3 unspecified atom stereocenters. The zero-order valence-corrected chi connectivity index (χ0v) is 19.5. The highest BCUT2D eigenvalue weighted by atomic mass is 16.8. The summed E-state index contributed by atoms with van der Waals surface area (Å²) in [4.78, 5) is 34.0. The first-order valence-electron chi connectivity index (χ1n) is 11.0. The molecule has 0 radical (unpaired) electrons. The van der Waals surface area contributed by atoms with Gasteiger partial charge in [0, 0.05) is 13.7 Å². The van der Waals surface area contributed by atoms with Gasteiger partial charge in [0.2, 0.25) is 0 Å². The highest BCUT2D eigenvalue weighted by Crippen LogP contribution is 2.29. The Hall–Kier alpha value is -2.78. The second-order valence-electron chi connectivity index (χ2n) is 8.41. The number of rotatable bonds is 10. The van der Waals surface area contributed by atoms with Gasteiger partial charge in [0.25, 0.3) is 11.8 Å². The van der Waals surface area contributed by atoms with Crippen molar-refractivity contribution in [1.82, 2.24) is 9.96 Å². The van der Waals surface area contributed by atoms with Crippen molar-refractivity contribution in [2.75, 3.05) is 21.0 Å². The number of aliphatic hydroxyl groups excluding tert-OH is 1. The van der Waals surface area contributed by atoms with Crippen LogP contribution >= 0.6 is 0 Å². The average Bonchev–Trinajstić information content (AvgIpc) is 2.82. The molecule has 0 spiro atoms. The topological polar surface area (TPSA) is 88.5 Å². The van der Waals surface area contributed by atoms with Crippen molar-refractivity contribution in [2.24, 2.45) is 5.92 Å². The van der Waals surface area contributed by atoms with Crippen LogP contribution in [-0.2, 0) is 32.1 Å². The summed E-state index contributed by atoms with van der Waals surface area (Å²) in [5.41, 5.74) is 1.83. The normalized spacial score (nSPS) is 20.4. The van der Waals surface area contributed by atoms with Gasteiger partial charge in [-0.15, -0.1) is 5.06 Å². The van der Waals surface area contributed by atoms with E-state index in [-0.39, 0.29) is 12.7 Å². The number of hydroxylamine groups is 2. The Balaban J connectivity index is 2.02. The van der Waals surface area contributed by atoms with Crippen molar-refractivity contribution in [3.63, 3.8) is 0 Å². The molecule has 8 nitrogen and oxygen atoms in total. The van der Waals surface area contributed by atoms with Crippen LogP contribution in [0.25, 0.3) is 0 Å². The molecule has 1 saturated heterocycles. The number of hydrogen-bond donors (Lipinski definition) is 1. The molecule has 178 valence electrons. The molecule has 2 aromatic rings. The van der Waals surface area contributed by atoms with Gasteiger partial charge in [-0.3, -0.25) is 14.5 Å². The predicted octanol–water partition coefficient (Wildman–Crippen LogP) is 2.40. The average molecular weight is 457 g/mol. The Morgan fingerprint density at radius 3 is 2.18 bits per heavy atom. The number of benzene rings is 2. The third-order valence-corrected chi connectivity index (χ3v) is 5.80. The molecule has 0 aromatic heterocycles. The summed E-state index contributed by atoms with van der Waals surface area (Å²) in [6, 6.07) is 15.3. The van der Waals surface area contributed by atoms with Crippen LogP contribution < -0.4 is 4.74 Å². The van der Waals surface area contributed by atoms with Gasteiger partial charge in [0.15, 0.2) is 6.79 Å². The van der Waals surface area contributed by atoms with E-state index in [1.807, 2.05) is 68.4 Å². The van der Waals surface area contributed by atoms with E-state index in [0.717, 1.165) is 16.2 Å². The maximum absolute atomic E-state index is 13.5. The van der Waals surface area contributed by atoms with E-state index < -0.39 is 30.0 Å². The largest absolute Gasteiger partial charge is 0.497 e. The first-order chi connectivity index (χ1) is 15.9. The summed E-state index contributed by atoms with van der Waals surface area (Å²) in [6.45, 7) is 3.73. The Morgan fingerprint density at radius 1 is 0.939 bits per heavy atom. The fraction of sp³-hybridized carbons (Fsp3) is 0.440. The monoisotopic (exact) mass is 456 g/mol. The van der Waals surface area contributed by atoms with Crippen LogP contribution in [-0.4, -0.2) is 66.1 Å². The van der Waals surface area contributed by atoms with E-state index in [9.17, 15) is 14.7 Å². The van der Waals surface area contributed by atoms with Gasteiger partial charge in [-0.05, 0) is 35.6 Å². The Morgan fingerprint density at radius 2 is 1.61 bits per heavy atom. The zero-order chi connectivity index (χ0) is 24.0. The number of ether oxygens (including phenoxy) is 2. The smallest absolute Gasteiger partial charge is 0.273 e. The fourth-order valence-electron chi connectivity index (χ4n) is 3.97. The second-order valence-corrected chi connectivity index (χ2v) is 8.41. The molecule has 1 heterocycles. The number of nitrogens with zero attached hydrogens (tertiary/aromatic N) is 2. The van der Waals surface area contributed by atoms with Crippen LogP contribution in [0.15, 0.2) is 54.6 Å². The summed E-state index contributed by atoms with van der Waals surface area (Å²) in [7, 11) is 3.01. The predicted molar refractivity (Wildman–Crippen MR) is 122 cm³/mol. The van der Waals surface area contributed by atoms with E-state index in [1.54, 1.807) is 12.0 Å². The lowest BCUT2D eigenvalue weighted by atomic mass is 9.91. The molecule has 0 saturated carbocycles. The summed E-state index contributed by atoms with van der Waals surface area (Å²) in [5, 5.41) is 11.8. The lowest BCUT2D eigenvalue weighted by molar-refractivity contribution is -0.238. The molecule has 33 heavy (non-hydrogen) atoms. The molecular weight excluding hydrogens is 424 g/mol. The standard InChI is InChI=1S/C25H32N2O6/c1-17(2)23(28)22-25(30)27(33-16-31-3)24(29)21(14-18-8-6-5-7-9-18)26(22)15-19-10-12-20(32-4)13-11-19/h5-13,17,21-23,28H,14-16H2,1-4H3. The highest BCUT2D eigenvalue weighted by Gasteiger charge is 2.50. The quantitative estimate of drug-likeness (QED) is 0.434. The van der Waals surface area contributed by atoms with Crippen LogP contribution in [0, 0.1) is 5.92 Å². The van der Waals surface area contributed by atoms with Crippen LogP contribution in [0.2, 0.25) is 0 Å². The molecule has 1 aliphatic heterocycles. The maximum atomic E-state index is 13.5. The number of methoxy groups -OCH3 is 2. The number of piperazine rings is 1. The molecule has 3 rings (SSSR count). The number of carbonyl (C=O) groups is 2. The zero-order valence-electron chi connectivity index (χ0n) is 19.5. The Bertz CT molecular complexity index is 918. The van der Waals surface area contributed by atoms with E-state index in [4.69, 9.17) is 14.3 Å². The first-order valence-corrected chi connectivity index (χ1v) is 11.0. The van der Waals surface area contributed by atoms with E-state index >= 15 is 0 Å². The molecule has 1 fully saturated rings. The third kappa shape index (κ3) is 5.78. The molecule has 2 amide bonds. The van der Waals surface area contributed by atoms with Crippen LogP contribution in [0.4, 0.5) is 0 Å². The molecule has 8 heteroatoms.